The third kappa shape index (κ3) is 6.06. The van der Waals surface area contributed by atoms with Crippen LogP contribution in [0.1, 0.15) is 35.1 Å². The number of aryl methyl sites for hydroxylation is 2. The zero-order valence-corrected chi connectivity index (χ0v) is 17.4. The van der Waals surface area contributed by atoms with Gasteiger partial charge in [-0.05, 0) is 56.4 Å². The maximum Gasteiger partial charge on any atom is 0.122 e. The summed E-state index contributed by atoms with van der Waals surface area (Å²) in [5.41, 5.74) is 4.85. The Morgan fingerprint density at radius 1 is 1.14 bits per heavy atom. The van der Waals surface area contributed by atoms with Crippen molar-refractivity contribution in [2.45, 2.75) is 52.4 Å². The number of rotatable bonds is 9. The highest BCUT2D eigenvalue weighted by molar-refractivity contribution is 5.38. The van der Waals surface area contributed by atoms with Gasteiger partial charge in [0.1, 0.15) is 18.5 Å². The molecular weight excluding hydrogens is 350 g/mol. The number of hydrogen-bond donors (Lipinski definition) is 1. The molecule has 1 aliphatic rings. The topological polar surface area (TPSA) is 41.9 Å². The van der Waals surface area contributed by atoms with Crippen LogP contribution in [-0.2, 0) is 11.3 Å². The number of aliphatic hydroxyl groups excluding tert-OH is 1. The third-order valence-electron chi connectivity index (χ3n) is 5.47. The highest BCUT2D eigenvalue weighted by Gasteiger charge is 2.21. The molecule has 2 aromatic rings. The zero-order chi connectivity index (χ0) is 19.9. The molecular formula is C24H33NO3. The average Bonchev–Trinajstić information content (AvgIpc) is 3.18. The summed E-state index contributed by atoms with van der Waals surface area (Å²) in [5.74, 6) is 0.850. The first kappa shape index (κ1) is 20.8. The fourth-order valence-electron chi connectivity index (χ4n) is 3.65. The first-order valence-electron chi connectivity index (χ1n) is 10.3. The molecule has 1 heterocycles. The van der Waals surface area contributed by atoms with Gasteiger partial charge in [0.05, 0.1) is 6.10 Å². The highest BCUT2D eigenvalue weighted by atomic mass is 16.5. The number of ether oxygens (including phenoxy) is 2. The van der Waals surface area contributed by atoms with Crippen molar-refractivity contribution in [3.63, 3.8) is 0 Å². The number of benzene rings is 2. The smallest absolute Gasteiger partial charge is 0.122 e. The third-order valence-corrected chi connectivity index (χ3v) is 5.47. The van der Waals surface area contributed by atoms with E-state index in [1.165, 1.54) is 16.7 Å². The Labute approximate surface area is 169 Å². The van der Waals surface area contributed by atoms with Gasteiger partial charge in [-0.15, -0.1) is 0 Å². The fraction of sp³-hybridized carbons (Fsp3) is 0.500. The van der Waals surface area contributed by atoms with Gasteiger partial charge in [0.15, 0.2) is 0 Å². The van der Waals surface area contributed by atoms with Gasteiger partial charge in [-0.2, -0.15) is 0 Å². The largest absolute Gasteiger partial charge is 0.491 e. The van der Waals surface area contributed by atoms with Crippen molar-refractivity contribution in [2.75, 3.05) is 26.3 Å². The quantitative estimate of drug-likeness (QED) is 0.710. The second kappa shape index (κ2) is 10.1. The summed E-state index contributed by atoms with van der Waals surface area (Å²) in [6.07, 6.45) is 1.94. The van der Waals surface area contributed by atoms with E-state index < -0.39 is 6.10 Å². The minimum absolute atomic E-state index is 0.262. The molecule has 28 heavy (non-hydrogen) atoms. The van der Waals surface area contributed by atoms with Crippen molar-refractivity contribution in [3.8, 4) is 5.75 Å². The molecule has 2 atom stereocenters. The lowest BCUT2D eigenvalue weighted by Crippen LogP contribution is -2.39. The summed E-state index contributed by atoms with van der Waals surface area (Å²) in [5, 5.41) is 10.6. The van der Waals surface area contributed by atoms with Crippen LogP contribution in [0.2, 0.25) is 0 Å². The van der Waals surface area contributed by atoms with Gasteiger partial charge in [-0.3, -0.25) is 4.90 Å². The van der Waals surface area contributed by atoms with Crippen LogP contribution in [0.15, 0.2) is 42.5 Å². The van der Waals surface area contributed by atoms with Crippen LogP contribution in [-0.4, -0.2) is 48.5 Å². The SMILES string of the molecule is Cc1ccc(CN(CC(O)COc2cccc(C)c2C)CC2CCCO2)cc1. The molecule has 4 nitrogen and oxygen atoms in total. The molecule has 0 bridgehead atoms. The van der Waals surface area contributed by atoms with Crippen molar-refractivity contribution in [3.05, 3.63) is 64.7 Å². The lowest BCUT2D eigenvalue weighted by molar-refractivity contribution is 0.0312. The highest BCUT2D eigenvalue weighted by Crippen LogP contribution is 2.21. The lowest BCUT2D eigenvalue weighted by Gasteiger charge is -2.27. The number of hydrogen-bond acceptors (Lipinski definition) is 4. The van der Waals surface area contributed by atoms with Gasteiger partial charge in [0.2, 0.25) is 0 Å². The van der Waals surface area contributed by atoms with E-state index in [0.717, 1.165) is 43.9 Å². The van der Waals surface area contributed by atoms with E-state index >= 15 is 0 Å². The van der Waals surface area contributed by atoms with E-state index in [2.05, 4.69) is 56.0 Å². The Morgan fingerprint density at radius 3 is 2.64 bits per heavy atom. The van der Waals surface area contributed by atoms with E-state index in [-0.39, 0.29) is 6.10 Å². The molecule has 0 saturated carbocycles. The van der Waals surface area contributed by atoms with Gasteiger partial charge in [0, 0.05) is 26.2 Å². The molecule has 0 spiro atoms. The van der Waals surface area contributed by atoms with Crippen LogP contribution in [0.4, 0.5) is 0 Å². The second-order valence-electron chi connectivity index (χ2n) is 7.98. The summed E-state index contributed by atoms with van der Waals surface area (Å²) in [6.45, 7) is 9.58. The minimum atomic E-state index is -0.549. The molecule has 1 fully saturated rings. The minimum Gasteiger partial charge on any atom is -0.491 e. The lowest BCUT2D eigenvalue weighted by atomic mass is 10.1. The Hall–Kier alpha value is -1.88. The van der Waals surface area contributed by atoms with Gasteiger partial charge in [-0.25, -0.2) is 0 Å². The average molecular weight is 384 g/mol. The second-order valence-corrected chi connectivity index (χ2v) is 7.98. The van der Waals surface area contributed by atoms with Crippen LogP contribution >= 0.6 is 0 Å². The van der Waals surface area contributed by atoms with E-state index in [4.69, 9.17) is 9.47 Å². The van der Waals surface area contributed by atoms with Crippen molar-refractivity contribution < 1.29 is 14.6 Å². The van der Waals surface area contributed by atoms with E-state index in [1.807, 2.05) is 12.1 Å². The summed E-state index contributed by atoms with van der Waals surface area (Å²) in [7, 11) is 0. The first-order chi connectivity index (χ1) is 13.5. The maximum atomic E-state index is 10.6. The summed E-state index contributed by atoms with van der Waals surface area (Å²) < 4.78 is 11.7. The molecule has 0 amide bonds. The zero-order valence-electron chi connectivity index (χ0n) is 17.4. The Kier molecular flexibility index (Phi) is 7.49. The van der Waals surface area contributed by atoms with Crippen LogP contribution < -0.4 is 4.74 Å². The van der Waals surface area contributed by atoms with Crippen LogP contribution in [0.3, 0.4) is 0 Å². The predicted molar refractivity (Wildman–Crippen MR) is 113 cm³/mol. The van der Waals surface area contributed by atoms with E-state index in [1.54, 1.807) is 0 Å². The summed E-state index contributed by atoms with van der Waals surface area (Å²) >= 11 is 0. The molecule has 4 heteroatoms. The standard InChI is InChI=1S/C24H33NO3/c1-18-9-11-21(12-10-18)14-25(16-23-7-5-13-27-23)15-22(26)17-28-24-8-4-6-19(2)20(24)3/h4,6,8-12,22-23,26H,5,7,13-17H2,1-3H3. The van der Waals surface area contributed by atoms with Crippen LogP contribution in [0, 0.1) is 20.8 Å². The van der Waals surface area contributed by atoms with Gasteiger partial charge >= 0.3 is 0 Å². The Morgan fingerprint density at radius 2 is 1.93 bits per heavy atom. The van der Waals surface area contributed by atoms with Crippen molar-refractivity contribution >= 4 is 0 Å². The molecule has 1 N–H and O–H groups in total. The van der Waals surface area contributed by atoms with Crippen LogP contribution in [0.5, 0.6) is 5.75 Å². The molecule has 0 radical (unpaired) electrons. The number of aliphatic hydroxyl groups is 1. The maximum absolute atomic E-state index is 10.6. The van der Waals surface area contributed by atoms with Gasteiger partial charge in [0.25, 0.3) is 0 Å². The fourth-order valence-corrected chi connectivity index (χ4v) is 3.65. The van der Waals surface area contributed by atoms with E-state index in [0.29, 0.717) is 13.2 Å². The van der Waals surface area contributed by atoms with Crippen molar-refractivity contribution in [1.82, 2.24) is 4.90 Å². The molecule has 1 aliphatic heterocycles. The first-order valence-corrected chi connectivity index (χ1v) is 10.3. The molecule has 1 saturated heterocycles. The molecule has 152 valence electrons. The molecule has 2 unspecified atom stereocenters. The molecule has 3 rings (SSSR count). The van der Waals surface area contributed by atoms with E-state index in [9.17, 15) is 5.11 Å². The predicted octanol–water partition coefficient (Wildman–Crippen LogP) is 4.03. The Bertz CT molecular complexity index is 738. The summed E-state index contributed by atoms with van der Waals surface area (Å²) in [4.78, 5) is 2.29. The normalized spacial score (nSPS) is 17.8. The number of nitrogens with zero attached hydrogens (tertiary/aromatic N) is 1. The monoisotopic (exact) mass is 383 g/mol. The van der Waals surface area contributed by atoms with Gasteiger partial charge in [-0.1, -0.05) is 42.0 Å². The molecule has 0 aromatic heterocycles. The molecule has 0 aliphatic carbocycles. The Balaban J connectivity index is 1.58. The van der Waals surface area contributed by atoms with Crippen molar-refractivity contribution in [2.24, 2.45) is 0 Å². The van der Waals surface area contributed by atoms with Crippen LogP contribution in [0.25, 0.3) is 0 Å². The molecule has 2 aromatic carbocycles. The summed E-state index contributed by atoms with van der Waals surface area (Å²) in [6, 6.07) is 14.6. The van der Waals surface area contributed by atoms with Gasteiger partial charge < -0.3 is 14.6 Å². The van der Waals surface area contributed by atoms with Crippen molar-refractivity contribution in [1.29, 1.82) is 0 Å².